The van der Waals surface area contributed by atoms with Gasteiger partial charge in [0.2, 0.25) is 0 Å². The van der Waals surface area contributed by atoms with Gasteiger partial charge < -0.3 is 19.6 Å². The number of benzene rings is 11. The Morgan fingerprint density at radius 1 is 0.349 bits per heavy atom. The first-order chi connectivity index (χ1) is 40.9. The molecule has 0 amide bonds. The zero-order chi connectivity index (χ0) is 55.3. The number of anilines is 11. The molecule has 3 aliphatic carbocycles. The van der Waals surface area contributed by atoms with Crippen molar-refractivity contribution >= 4 is 74.7 Å². The summed E-state index contributed by atoms with van der Waals surface area (Å²) >= 11 is 0. The number of hydrogen-bond acceptors (Lipinski definition) is 4. The number of hydrogen-bond donors (Lipinski definition) is 0. The predicted octanol–water partition coefficient (Wildman–Crippen LogP) is 21.7. The molecule has 4 nitrogen and oxygen atoms in total. The smallest absolute Gasteiger partial charge is 0.0726 e. The molecule has 5 aliphatic rings. The summed E-state index contributed by atoms with van der Waals surface area (Å²) in [6.07, 6.45) is 13.7. The standard InChI is InChI=1S/C79H60N4/c1-52(2)66-49-54(40-44-61(66)60-46-42-58(48-53(60)3)82-75-34-18-14-30-71(75)80(56-22-6-4-7-23-56)72-31-15-19-35-76(72)82)38-39-55-41-45-64-65-47-43-59(51-70(65)79(69(64)50-55)67-28-12-10-26-62(67)63-27-11-13-29-68(63)79)83-77-36-20-16-32-73(77)81(57-24-8-5-9-25-57)74-33-17-21-37-78(74)83/h4,6-8,10-52H,5,9H2,1-3H3/b39-38+. The van der Waals surface area contributed by atoms with E-state index >= 15 is 0 Å². The molecule has 0 N–H and O–H groups in total. The first-order valence-corrected chi connectivity index (χ1v) is 29.3. The molecule has 2 aliphatic heterocycles. The number of nitrogens with zero attached hydrogens (tertiary/aromatic N) is 4. The van der Waals surface area contributed by atoms with E-state index in [-0.39, 0.29) is 0 Å². The number of fused-ring (bicyclic) bond motifs is 14. The number of allylic oxidation sites excluding steroid dienone is 3. The molecule has 0 unspecified atom stereocenters. The van der Waals surface area contributed by atoms with Crippen LogP contribution in [0.25, 0.3) is 45.5 Å². The van der Waals surface area contributed by atoms with E-state index in [0.717, 1.165) is 52.7 Å². The quantitative estimate of drug-likeness (QED) is 0.141. The summed E-state index contributed by atoms with van der Waals surface area (Å²) < 4.78 is 0. The lowest BCUT2D eigenvalue weighted by molar-refractivity contribution is 0.793. The van der Waals surface area contributed by atoms with Crippen LogP contribution < -0.4 is 19.6 Å². The van der Waals surface area contributed by atoms with Crippen LogP contribution in [0.5, 0.6) is 0 Å². The highest BCUT2D eigenvalue weighted by molar-refractivity contribution is 6.04. The highest BCUT2D eigenvalue weighted by Gasteiger charge is 2.52. The molecule has 0 bridgehead atoms. The predicted molar refractivity (Wildman–Crippen MR) is 349 cm³/mol. The Bertz CT molecular complexity index is 4400. The van der Waals surface area contributed by atoms with Gasteiger partial charge in [-0.25, -0.2) is 0 Å². The molecule has 396 valence electrons. The third kappa shape index (κ3) is 7.45. The van der Waals surface area contributed by atoms with E-state index in [0.29, 0.717) is 5.92 Å². The number of aryl methyl sites for hydroxylation is 1. The molecule has 4 heteroatoms. The average molecular weight is 1070 g/mol. The van der Waals surface area contributed by atoms with Crippen LogP contribution in [0.3, 0.4) is 0 Å². The van der Waals surface area contributed by atoms with Crippen molar-refractivity contribution in [2.24, 2.45) is 0 Å². The molecule has 11 aromatic carbocycles. The van der Waals surface area contributed by atoms with Crippen LogP contribution in [0.15, 0.2) is 273 Å². The van der Waals surface area contributed by atoms with E-state index in [4.69, 9.17) is 0 Å². The summed E-state index contributed by atoms with van der Waals surface area (Å²) in [6, 6.07) is 92.8. The maximum absolute atomic E-state index is 2.52. The largest absolute Gasteiger partial charge is 0.307 e. The van der Waals surface area contributed by atoms with Gasteiger partial charge >= 0.3 is 0 Å². The summed E-state index contributed by atoms with van der Waals surface area (Å²) in [5.74, 6) is 0.310. The van der Waals surface area contributed by atoms with Gasteiger partial charge in [-0.15, -0.1) is 0 Å². The lowest BCUT2D eigenvalue weighted by Gasteiger charge is -2.41. The molecule has 0 aromatic heterocycles. The third-order valence-corrected chi connectivity index (χ3v) is 18.0. The Morgan fingerprint density at radius 3 is 1.29 bits per heavy atom. The Hall–Kier alpha value is -10.2. The first kappa shape index (κ1) is 48.7. The van der Waals surface area contributed by atoms with Crippen molar-refractivity contribution < 1.29 is 0 Å². The summed E-state index contributed by atoms with van der Waals surface area (Å²) in [4.78, 5) is 9.75. The van der Waals surface area contributed by atoms with Crippen molar-refractivity contribution in [3.05, 3.63) is 317 Å². The number of rotatable bonds is 8. The Morgan fingerprint density at radius 2 is 0.771 bits per heavy atom. The molecular weight excluding hydrogens is 1000 g/mol. The Kier molecular flexibility index (Phi) is 11.3. The molecule has 83 heavy (non-hydrogen) atoms. The van der Waals surface area contributed by atoms with Gasteiger partial charge in [0.1, 0.15) is 0 Å². The highest BCUT2D eigenvalue weighted by atomic mass is 15.3. The van der Waals surface area contributed by atoms with Crippen molar-refractivity contribution in [2.75, 3.05) is 19.6 Å². The SMILES string of the molecule is Cc1cc(N2c3ccccc3N(c3ccccc3)c3ccccc32)ccc1-c1ccc(/C=C/c2ccc3c(c2)C2(c4ccccc4-c4ccccc42)c2cc(N4c5ccccc5N(C5=CCCC=C5)c5ccccc54)ccc2-3)cc1C(C)C. The van der Waals surface area contributed by atoms with Crippen LogP contribution in [-0.2, 0) is 5.41 Å². The molecule has 11 aromatic rings. The van der Waals surface area contributed by atoms with Crippen LogP contribution in [0.1, 0.15) is 77.1 Å². The molecule has 0 atom stereocenters. The Balaban J connectivity index is 0.766. The average Bonchev–Trinajstić information content (AvgIpc) is 1.70. The zero-order valence-corrected chi connectivity index (χ0v) is 46.8. The van der Waals surface area contributed by atoms with Gasteiger partial charge in [-0.05, 0) is 201 Å². The van der Waals surface area contributed by atoms with E-state index in [1.54, 1.807) is 0 Å². The van der Waals surface area contributed by atoms with Crippen molar-refractivity contribution in [3.63, 3.8) is 0 Å². The Labute approximate surface area is 487 Å². The van der Waals surface area contributed by atoms with Crippen LogP contribution in [-0.4, -0.2) is 0 Å². The van der Waals surface area contributed by atoms with Gasteiger partial charge in [-0.3, -0.25) is 0 Å². The number of para-hydroxylation sites is 9. The van der Waals surface area contributed by atoms with E-state index in [2.05, 4.69) is 319 Å². The first-order valence-electron chi connectivity index (χ1n) is 29.3. The van der Waals surface area contributed by atoms with Crippen molar-refractivity contribution in [1.29, 1.82) is 0 Å². The monoisotopic (exact) mass is 1060 g/mol. The van der Waals surface area contributed by atoms with Crippen LogP contribution in [0.2, 0.25) is 0 Å². The van der Waals surface area contributed by atoms with Gasteiger partial charge in [0, 0.05) is 22.8 Å². The molecule has 0 saturated carbocycles. The minimum Gasteiger partial charge on any atom is -0.307 e. The molecule has 0 fully saturated rings. The van der Waals surface area contributed by atoms with E-state index in [1.165, 1.54) is 106 Å². The molecule has 0 radical (unpaired) electrons. The second-order valence-electron chi connectivity index (χ2n) is 23.0. The highest BCUT2D eigenvalue weighted by Crippen LogP contribution is 2.64. The fourth-order valence-electron chi connectivity index (χ4n) is 14.4. The fraction of sp³-hybridized carbons (Fsp3) is 0.0886. The molecular formula is C79H60N4. The van der Waals surface area contributed by atoms with E-state index in [1.807, 2.05) is 0 Å². The van der Waals surface area contributed by atoms with Crippen molar-refractivity contribution in [3.8, 4) is 33.4 Å². The van der Waals surface area contributed by atoms with E-state index in [9.17, 15) is 0 Å². The molecule has 0 saturated heterocycles. The van der Waals surface area contributed by atoms with Crippen molar-refractivity contribution in [1.82, 2.24) is 0 Å². The normalized spacial score (nSPS) is 14.7. The molecule has 1 spiro atoms. The minimum atomic E-state index is -0.528. The third-order valence-electron chi connectivity index (χ3n) is 18.0. The summed E-state index contributed by atoms with van der Waals surface area (Å²) in [5, 5.41) is 0. The van der Waals surface area contributed by atoms with Gasteiger partial charge in [-0.1, -0.05) is 196 Å². The summed E-state index contributed by atoms with van der Waals surface area (Å²) in [6.45, 7) is 6.91. The van der Waals surface area contributed by atoms with Crippen LogP contribution in [0.4, 0.5) is 62.6 Å². The lowest BCUT2D eigenvalue weighted by Crippen LogP contribution is -2.28. The fourth-order valence-corrected chi connectivity index (χ4v) is 14.4. The molecule has 2 heterocycles. The van der Waals surface area contributed by atoms with Crippen LogP contribution >= 0.6 is 0 Å². The van der Waals surface area contributed by atoms with Crippen LogP contribution in [0, 0.1) is 6.92 Å². The van der Waals surface area contributed by atoms with Gasteiger partial charge in [0.15, 0.2) is 0 Å². The second-order valence-corrected chi connectivity index (χ2v) is 23.0. The van der Waals surface area contributed by atoms with Crippen molar-refractivity contribution in [2.45, 2.75) is 44.9 Å². The maximum atomic E-state index is 2.52. The van der Waals surface area contributed by atoms with Gasteiger partial charge in [0.05, 0.1) is 50.9 Å². The zero-order valence-electron chi connectivity index (χ0n) is 46.8. The minimum absolute atomic E-state index is 0.310. The van der Waals surface area contributed by atoms with Gasteiger partial charge in [0.25, 0.3) is 0 Å². The van der Waals surface area contributed by atoms with E-state index < -0.39 is 5.41 Å². The topological polar surface area (TPSA) is 13.0 Å². The summed E-state index contributed by atoms with van der Waals surface area (Å²) in [7, 11) is 0. The summed E-state index contributed by atoms with van der Waals surface area (Å²) in [5.41, 5.74) is 31.4. The maximum Gasteiger partial charge on any atom is 0.0726 e. The second kappa shape index (κ2) is 19.3. The molecule has 16 rings (SSSR count). The lowest BCUT2D eigenvalue weighted by atomic mass is 9.70. The van der Waals surface area contributed by atoms with Gasteiger partial charge in [-0.2, -0.15) is 0 Å².